The average molecular weight is 659 g/mol. The molecule has 0 unspecified atom stereocenters. The first-order chi connectivity index (χ1) is 21.9. The lowest BCUT2D eigenvalue weighted by Crippen LogP contribution is -2.53. The molecule has 3 rings (SSSR count). The van der Waals surface area contributed by atoms with Crippen LogP contribution in [0.3, 0.4) is 0 Å². The summed E-state index contributed by atoms with van der Waals surface area (Å²) in [4.78, 5) is 56.3. The molecule has 1 heterocycles. The number of alkyl carbamates (subject to hydrolysis) is 2. The van der Waals surface area contributed by atoms with E-state index in [0.717, 1.165) is 17.5 Å². The third-order valence-electron chi connectivity index (χ3n) is 6.56. The molecule has 10 nitrogen and oxygen atoms in total. The summed E-state index contributed by atoms with van der Waals surface area (Å²) in [6.45, 7) is 10.2. The fourth-order valence-electron chi connectivity index (χ4n) is 4.55. The number of hydrogen-bond acceptors (Lipinski definition) is 7. The summed E-state index contributed by atoms with van der Waals surface area (Å²) in [5.41, 5.74) is -0.433. The molecule has 2 atom stereocenters. The predicted molar refractivity (Wildman–Crippen MR) is 169 cm³/mol. The highest BCUT2D eigenvalue weighted by molar-refractivity contribution is 5.93. The number of pyridine rings is 1. The highest BCUT2D eigenvalue weighted by Crippen LogP contribution is 2.18. The molecule has 2 aromatic carbocycles. The van der Waals surface area contributed by atoms with Crippen molar-refractivity contribution in [3.63, 3.8) is 0 Å². The second-order valence-electron chi connectivity index (χ2n) is 13.1. The molecule has 0 saturated carbocycles. The molecule has 0 radical (unpaired) electrons. The van der Waals surface area contributed by atoms with E-state index in [0.29, 0.717) is 11.1 Å². The van der Waals surface area contributed by atoms with E-state index < -0.39 is 64.6 Å². The summed E-state index contributed by atoms with van der Waals surface area (Å²) in [7, 11) is 0. The number of halogens is 3. The molecule has 3 aromatic rings. The number of aromatic nitrogens is 1. The number of carbonyl (C=O) groups excluding carboxylic acids is 4. The van der Waals surface area contributed by atoms with Crippen molar-refractivity contribution in [3.8, 4) is 0 Å². The van der Waals surface area contributed by atoms with Crippen molar-refractivity contribution in [1.82, 2.24) is 20.9 Å². The molecule has 13 heteroatoms. The van der Waals surface area contributed by atoms with Crippen molar-refractivity contribution in [2.75, 3.05) is 6.54 Å². The Kier molecular flexibility index (Phi) is 12.3. The van der Waals surface area contributed by atoms with E-state index in [9.17, 15) is 32.3 Å². The third kappa shape index (κ3) is 12.2. The normalized spacial score (nSPS) is 13.0. The molecule has 0 aliphatic carbocycles. The minimum Gasteiger partial charge on any atom is -0.444 e. The van der Waals surface area contributed by atoms with Crippen LogP contribution in [0.1, 0.15) is 65.5 Å². The van der Waals surface area contributed by atoms with Crippen LogP contribution in [-0.2, 0) is 31.9 Å². The summed E-state index contributed by atoms with van der Waals surface area (Å²) in [5.74, 6) is -5.87. The SMILES string of the molecule is CC(C)(C)OC(=O)NCCC[C@H](NC(=O)OC(C)(C)C)C(=O)N[C@@H](Cc1cc(F)c(F)c(F)c1)C(=O)Cc1cnc2ccccc2c1. The zero-order chi connectivity index (χ0) is 34.9. The molecule has 0 aliphatic heterocycles. The van der Waals surface area contributed by atoms with Gasteiger partial charge < -0.3 is 25.4 Å². The van der Waals surface area contributed by atoms with Gasteiger partial charge >= 0.3 is 12.2 Å². The molecular weight excluding hydrogens is 617 g/mol. The van der Waals surface area contributed by atoms with Crippen LogP contribution in [-0.4, -0.2) is 58.7 Å². The summed E-state index contributed by atoms with van der Waals surface area (Å²) in [6.07, 6.45) is -0.394. The van der Waals surface area contributed by atoms with E-state index in [2.05, 4.69) is 20.9 Å². The number of Topliss-reactive ketones (excluding diaryl/α,β-unsaturated/α-hetero) is 1. The highest BCUT2D eigenvalue weighted by Gasteiger charge is 2.29. The first kappa shape index (κ1) is 36.8. The van der Waals surface area contributed by atoms with Gasteiger partial charge in [-0.1, -0.05) is 18.2 Å². The number of ketones is 1. The molecule has 3 amide bonds. The van der Waals surface area contributed by atoms with Crippen molar-refractivity contribution < 1.29 is 41.8 Å². The molecular formula is C34H41F3N4O6. The molecule has 0 aliphatic rings. The lowest BCUT2D eigenvalue weighted by atomic mass is 9.97. The van der Waals surface area contributed by atoms with Crippen LogP contribution in [0.5, 0.6) is 0 Å². The topological polar surface area (TPSA) is 136 Å². The van der Waals surface area contributed by atoms with Gasteiger partial charge in [0, 0.05) is 24.5 Å². The number of hydrogen-bond donors (Lipinski definition) is 3. The Morgan fingerprint density at radius 2 is 1.43 bits per heavy atom. The molecule has 254 valence electrons. The first-order valence-electron chi connectivity index (χ1n) is 15.2. The van der Waals surface area contributed by atoms with Gasteiger partial charge in [-0.05, 0) is 96.2 Å². The zero-order valence-electron chi connectivity index (χ0n) is 27.3. The average Bonchev–Trinajstić information content (AvgIpc) is 2.95. The van der Waals surface area contributed by atoms with E-state index in [1.165, 1.54) is 6.20 Å². The molecule has 3 N–H and O–H groups in total. The van der Waals surface area contributed by atoms with Crippen LogP contribution in [0.25, 0.3) is 10.9 Å². The zero-order valence-corrected chi connectivity index (χ0v) is 27.3. The van der Waals surface area contributed by atoms with Crippen molar-refractivity contribution in [2.45, 2.75) is 90.5 Å². The number of nitrogens with zero attached hydrogens (tertiary/aromatic N) is 1. The highest BCUT2D eigenvalue weighted by atomic mass is 19.2. The second kappa shape index (κ2) is 15.7. The van der Waals surface area contributed by atoms with Crippen molar-refractivity contribution in [1.29, 1.82) is 0 Å². The van der Waals surface area contributed by atoms with Crippen LogP contribution in [0.2, 0.25) is 0 Å². The lowest BCUT2D eigenvalue weighted by Gasteiger charge is -2.25. The smallest absolute Gasteiger partial charge is 0.408 e. The number of amides is 3. The van der Waals surface area contributed by atoms with Crippen LogP contribution in [0.15, 0.2) is 48.7 Å². The summed E-state index contributed by atoms with van der Waals surface area (Å²) in [5, 5.41) is 8.44. The third-order valence-corrected chi connectivity index (χ3v) is 6.56. The van der Waals surface area contributed by atoms with Crippen LogP contribution in [0, 0.1) is 17.5 Å². The second-order valence-corrected chi connectivity index (χ2v) is 13.1. The number of para-hydroxylation sites is 1. The largest absolute Gasteiger partial charge is 0.444 e. The van der Waals surface area contributed by atoms with E-state index in [4.69, 9.17) is 9.47 Å². The van der Waals surface area contributed by atoms with Gasteiger partial charge in [0.05, 0.1) is 11.6 Å². The van der Waals surface area contributed by atoms with E-state index >= 15 is 0 Å². The van der Waals surface area contributed by atoms with Crippen LogP contribution < -0.4 is 16.0 Å². The van der Waals surface area contributed by atoms with Gasteiger partial charge in [0.2, 0.25) is 5.91 Å². The van der Waals surface area contributed by atoms with Gasteiger partial charge in [0.15, 0.2) is 23.2 Å². The fourth-order valence-corrected chi connectivity index (χ4v) is 4.55. The van der Waals surface area contributed by atoms with E-state index in [-0.39, 0.29) is 37.8 Å². The van der Waals surface area contributed by atoms with Gasteiger partial charge in [-0.2, -0.15) is 0 Å². The Balaban J connectivity index is 1.83. The fraction of sp³-hybridized carbons (Fsp3) is 0.441. The molecule has 0 fully saturated rings. The molecule has 0 bridgehead atoms. The predicted octanol–water partition coefficient (Wildman–Crippen LogP) is 5.69. The quantitative estimate of drug-likeness (QED) is 0.168. The number of benzene rings is 2. The van der Waals surface area contributed by atoms with Gasteiger partial charge in [0.25, 0.3) is 0 Å². The Hall–Kier alpha value is -4.68. The lowest BCUT2D eigenvalue weighted by molar-refractivity contribution is -0.128. The van der Waals surface area contributed by atoms with E-state index in [1.54, 1.807) is 47.6 Å². The Bertz CT molecular complexity index is 1580. The summed E-state index contributed by atoms with van der Waals surface area (Å²) >= 11 is 0. The van der Waals surface area contributed by atoms with E-state index in [1.807, 2.05) is 24.3 Å². The van der Waals surface area contributed by atoms with Gasteiger partial charge in [-0.25, -0.2) is 22.8 Å². The first-order valence-corrected chi connectivity index (χ1v) is 15.2. The maximum absolute atomic E-state index is 14.1. The van der Waals surface area contributed by atoms with Gasteiger partial charge in [-0.3, -0.25) is 14.6 Å². The molecule has 47 heavy (non-hydrogen) atoms. The van der Waals surface area contributed by atoms with Gasteiger partial charge in [-0.15, -0.1) is 0 Å². The maximum Gasteiger partial charge on any atom is 0.408 e. The Morgan fingerprint density at radius 1 is 0.809 bits per heavy atom. The van der Waals surface area contributed by atoms with Crippen LogP contribution in [0.4, 0.5) is 22.8 Å². The number of fused-ring (bicyclic) bond motifs is 1. The number of nitrogens with one attached hydrogen (secondary N) is 3. The summed E-state index contributed by atoms with van der Waals surface area (Å²) in [6, 6.07) is 7.97. The van der Waals surface area contributed by atoms with Crippen molar-refractivity contribution in [2.24, 2.45) is 0 Å². The molecule has 0 spiro atoms. The minimum absolute atomic E-state index is 0.0101. The molecule has 0 saturated heterocycles. The standard InChI is InChI=1S/C34H41F3N4O6/c1-33(2,3)46-31(44)38-13-9-12-26(41-32(45)47-34(4,5)6)30(43)40-27(17-20-15-23(35)29(37)24(36)16-20)28(42)18-21-14-22-10-7-8-11-25(22)39-19-21/h7-8,10-11,14-16,19,26-27H,9,12-13,17-18H2,1-6H3,(H,38,44)(H,40,43)(H,41,45)/t26-,27-/m0/s1. The minimum atomic E-state index is -1.66. The number of ether oxygens (including phenoxy) is 2. The number of carbonyl (C=O) groups is 4. The Labute approximate surface area is 271 Å². The maximum atomic E-state index is 14.1. The van der Waals surface area contributed by atoms with Crippen molar-refractivity contribution in [3.05, 3.63) is 77.2 Å². The van der Waals surface area contributed by atoms with Crippen LogP contribution >= 0.6 is 0 Å². The summed E-state index contributed by atoms with van der Waals surface area (Å²) < 4.78 is 52.3. The monoisotopic (exact) mass is 658 g/mol. The Morgan fingerprint density at radius 3 is 2.06 bits per heavy atom. The number of rotatable bonds is 12. The van der Waals surface area contributed by atoms with Gasteiger partial charge in [0.1, 0.15) is 17.2 Å². The molecule has 1 aromatic heterocycles. The van der Waals surface area contributed by atoms with Crippen molar-refractivity contribution >= 4 is 34.8 Å².